The zero-order valence-electron chi connectivity index (χ0n) is 7.94. The molecule has 1 N–H and O–H groups in total. The van der Waals surface area contributed by atoms with E-state index in [0.717, 1.165) is 13.9 Å². The molecule has 0 radical (unpaired) electrons. The number of aromatic nitrogens is 2. The lowest BCUT2D eigenvalue weighted by molar-refractivity contribution is 0.105. The number of carboxylic acid groups (broad SMARTS) is 1. The molecule has 0 aromatic carbocycles. The third-order valence-electron chi connectivity index (χ3n) is 2.49. The molecular formula is C8H9BrIN3O2. The van der Waals surface area contributed by atoms with Crippen LogP contribution in [0, 0.1) is 3.57 Å². The van der Waals surface area contributed by atoms with Gasteiger partial charge in [0.2, 0.25) is 0 Å². The summed E-state index contributed by atoms with van der Waals surface area (Å²) in [7, 11) is 0. The maximum atomic E-state index is 11.0. The third-order valence-corrected chi connectivity index (χ3v) is 4.92. The van der Waals surface area contributed by atoms with Gasteiger partial charge in [0.15, 0.2) is 0 Å². The number of amides is 1. The number of hydrogen-bond donors (Lipinski definition) is 1. The highest BCUT2D eigenvalue weighted by Gasteiger charge is 2.29. The van der Waals surface area contributed by atoms with Crippen molar-refractivity contribution < 1.29 is 9.90 Å². The summed E-state index contributed by atoms with van der Waals surface area (Å²) in [5.74, 6) is 0. The van der Waals surface area contributed by atoms with Crippen molar-refractivity contribution in [2.75, 3.05) is 0 Å². The summed E-state index contributed by atoms with van der Waals surface area (Å²) in [6.45, 7) is 2.91. The van der Waals surface area contributed by atoms with E-state index in [1.807, 2.05) is 11.6 Å². The van der Waals surface area contributed by atoms with Crippen LogP contribution >= 0.6 is 38.5 Å². The van der Waals surface area contributed by atoms with Gasteiger partial charge in [0.25, 0.3) is 0 Å². The minimum Gasteiger partial charge on any atom is -0.465 e. The van der Waals surface area contributed by atoms with Gasteiger partial charge in [-0.25, -0.2) is 4.79 Å². The van der Waals surface area contributed by atoms with Crippen LogP contribution in [0.1, 0.15) is 12.6 Å². The Hall–Kier alpha value is -0.310. The molecule has 15 heavy (non-hydrogen) atoms. The van der Waals surface area contributed by atoms with Crippen molar-refractivity contribution >= 4 is 44.6 Å². The van der Waals surface area contributed by atoms with Gasteiger partial charge >= 0.3 is 6.09 Å². The second-order valence-corrected chi connectivity index (χ2v) is 5.32. The molecule has 82 valence electrons. The SMILES string of the molecule is CC1Cn2nc(Br)c(I)c2CN1C(=O)O. The summed E-state index contributed by atoms with van der Waals surface area (Å²) in [5.41, 5.74) is 0.961. The Morgan fingerprint density at radius 2 is 2.40 bits per heavy atom. The first-order valence-corrected chi connectivity index (χ1v) is 6.28. The summed E-state index contributed by atoms with van der Waals surface area (Å²) in [6.07, 6.45) is -0.873. The van der Waals surface area contributed by atoms with Gasteiger partial charge in [-0.05, 0) is 45.4 Å². The summed E-state index contributed by atoms with van der Waals surface area (Å²) < 4.78 is 3.65. The zero-order valence-corrected chi connectivity index (χ0v) is 11.7. The van der Waals surface area contributed by atoms with E-state index in [4.69, 9.17) is 5.11 Å². The molecule has 0 fully saturated rings. The molecule has 0 aliphatic carbocycles. The molecule has 1 unspecified atom stereocenters. The van der Waals surface area contributed by atoms with Gasteiger partial charge in [-0.1, -0.05) is 0 Å². The Morgan fingerprint density at radius 3 is 3.00 bits per heavy atom. The predicted octanol–water partition coefficient (Wildman–Crippen LogP) is 2.13. The van der Waals surface area contributed by atoms with Crippen LogP contribution < -0.4 is 0 Å². The van der Waals surface area contributed by atoms with Gasteiger partial charge in [0.05, 0.1) is 28.4 Å². The van der Waals surface area contributed by atoms with E-state index < -0.39 is 6.09 Å². The molecule has 1 aromatic rings. The Labute approximate surface area is 109 Å². The lowest BCUT2D eigenvalue weighted by Crippen LogP contribution is -2.44. The molecule has 2 heterocycles. The largest absolute Gasteiger partial charge is 0.465 e. The van der Waals surface area contributed by atoms with Crippen molar-refractivity contribution in [1.82, 2.24) is 14.7 Å². The van der Waals surface area contributed by atoms with E-state index in [1.165, 1.54) is 4.90 Å². The lowest BCUT2D eigenvalue weighted by Gasteiger charge is -2.31. The van der Waals surface area contributed by atoms with E-state index in [2.05, 4.69) is 43.6 Å². The number of rotatable bonds is 0. The average molecular weight is 386 g/mol. The maximum absolute atomic E-state index is 11.0. The van der Waals surface area contributed by atoms with Crippen molar-refractivity contribution in [2.24, 2.45) is 0 Å². The van der Waals surface area contributed by atoms with Crippen LogP contribution in [0.4, 0.5) is 4.79 Å². The molecule has 0 saturated carbocycles. The average Bonchev–Trinajstić information content (AvgIpc) is 2.41. The Balaban J connectivity index is 2.39. The highest BCUT2D eigenvalue weighted by molar-refractivity contribution is 14.1. The first-order valence-electron chi connectivity index (χ1n) is 4.41. The normalized spacial score (nSPS) is 20.2. The molecule has 7 heteroatoms. The topological polar surface area (TPSA) is 58.4 Å². The molecule has 0 spiro atoms. The Morgan fingerprint density at radius 1 is 1.73 bits per heavy atom. The van der Waals surface area contributed by atoms with E-state index in [9.17, 15) is 4.79 Å². The zero-order chi connectivity index (χ0) is 11.2. The second-order valence-electron chi connectivity index (χ2n) is 3.49. The predicted molar refractivity (Wildman–Crippen MR) is 65.7 cm³/mol. The second kappa shape index (κ2) is 3.93. The molecule has 2 rings (SSSR count). The van der Waals surface area contributed by atoms with Crippen LogP contribution in [0.2, 0.25) is 0 Å². The minimum atomic E-state index is -0.873. The van der Waals surface area contributed by atoms with E-state index in [1.54, 1.807) is 0 Å². The molecule has 1 aliphatic rings. The van der Waals surface area contributed by atoms with Crippen molar-refractivity contribution in [3.05, 3.63) is 13.9 Å². The monoisotopic (exact) mass is 385 g/mol. The van der Waals surface area contributed by atoms with E-state index >= 15 is 0 Å². The number of hydrogen-bond acceptors (Lipinski definition) is 2. The first-order chi connectivity index (χ1) is 7.00. The van der Waals surface area contributed by atoms with Crippen molar-refractivity contribution in [3.63, 3.8) is 0 Å². The van der Waals surface area contributed by atoms with Gasteiger partial charge in [0.1, 0.15) is 4.60 Å². The first kappa shape index (κ1) is 11.2. The summed E-state index contributed by atoms with van der Waals surface area (Å²) in [5, 5.41) is 13.3. The fourth-order valence-electron chi connectivity index (χ4n) is 1.67. The summed E-state index contributed by atoms with van der Waals surface area (Å²) in [6, 6.07) is -0.0300. The number of carbonyl (C=O) groups is 1. The van der Waals surface area contributed by atoms with E-state index in [-0.39, 0.29) is 6.04 Å². The lowest BCUT2D eigenvalue weighted by atomic mass is 10.2. The highest BCUT2D eigenvalue weighted by Crippen LogP contribution is 2.27. The minimum absolute atomic E-state index is 0.0300. The van der Waals surface area contributed by atoms with Crippen molar-refractivity contribution in [1.29, 1.82) is 0 Å². The van der Waals surface area contributed by atoms with Crippen LogP contribution in [0.3, 0.4) is 0 Å². The molecule has 5 nitrogen and oxygen atoms in total. The molecule has 1 aliphatic heterocycles. The standard InChI is InChI=1S/C8H9BrIN3O2/c1-4-2-13-5(3-12(4)8(14)15)6(10)7(9)11-13/h4H,2-3H2,1H3,(H,14,15). The van der Waals surface area contributed by atoms with E-state index in [0.29, 0.717) is 13.1 Å². The Bertz CT molecular complexity index is 420. The highest BCUT2D eigenvalue weighted by atomic mass is 127. The Kier molecular flexibility index (Phi) is 2.93. The van der Waals surface area contributed by atoms with Gasteiger partial charge in [-0.15, -0.1) is 0 Å². The fourth-order valence-corrected chi connectivity index (χ4v) is 2.64. The maximum Gasteiger partial charge on any atom is 0.407 e. The van der Waals surface area contributed by atoms with Gasteiger partial charge < -0.3 is 5.11 Å². The fraction of sp³-hybridized carbons (Fsp3) is 0.500. The van der Waals surface area contributed by atoms with Crippen molar-refractivity contribution in [3.8, 4) is 0 Å². The third kappa shape index (κ3) is 1.86. The quantitative estimate of drug-likeness (QED) is 0.696. The van der Waals surface area contributed by atoms with Crippen LogP contribution in [-0.2, 0) is 13.1 Å². The molecular weight excluding hydrogens is 377 g/mol. The summed E-state index contributed by atoms with van der Waals surface area (Å²) in [4.78, 5) is 12.4. The molecule has 1 amide bonds. The van der Waals surface area contributed by atoms with Gasteiger partial charge in [-0.2, -0.15) is 5.10 Å². The van der Waals surface area contributed by atoms with Crippen LogP contribution in [-0.4, -0.2) is 31.9 Å². The smallest absolute Gasteiger partial charge is 0.407 e. The van der Waals surface area contributed by atoms with Crippen LogP contribution in [0.15, 0.2) is 4.60 Å². The number of nitrogens with zero attached hydrogens (tertiary/aromatic N) is 3. The number of fused-ring (bicyclic) bond motifs is 1. The molecule has 1 aromatic heterocycles. The number of halogens is 2. The molecule has 0 saturated heterocycles. The summed E-state index contributed by atoms with van der Waals surface area (Å²) >= 11 is 5.52. The van der Waals surface area contributed by atoms with Gasteiger partial charge in [0, 0.05) is 0 Å². The molecule has 0 bridgehead atoms. The van der Waals surface area contributed by atoms with Crippen LogP contribution in [0.5, 0.6) is 0 Å². The van der Waals surface area contributed by atoms with Crippen LogP contribution in [0.25, 0.3) is 0 Å². The molecule has 1 atom stereocenters. The van der Waals surface area contributed by atoms with Gasteiger partial charge in [-0.3, -0.25) is 9.58 Å². The van der Waals surface area contributed by atoms with Crippen molar-refractivity contribution in [2.45, 2.75) is 26.1 Å².